The van der Waals surface area contributed by atoms with Crippen LogP contribution in [0.25, 0.3) is 0 Å². The van der Waals surface area contributed by atoms with E-state index in [4.69, 9.17) is 9.15 Å². The van der Waals surface area contributed by atoms with Gasteiger partial charge in [0.2, 0.25) is 0 Å². The number of rotatable bonds is 6. The van der Waals surface area contributed by atoms with Crippen LogP contribution in [0.5, 0.6) is 0 Å². The molecular formula is C13H24IN3O2. The van der Waals surface area contributed by atoms with Crippen molar-refractivity contribution in [2.45, 2.75) is 13.0 Å². The molecule has 19 heavy (non-hydrogen) atoms. The zero-order valence-corrected chi connectivity index (χ0v) is 14.5. The number of nitrogens with zero attached hydrogens (tertiary/aromatic N) is 3. The highest BCUT2D eigenvalue weighted by atomic mass is 127. The molecule has 0 fully saturated rings. The maximum atomic E-state index is 5.49. The van der Waals surface area contributed by atoms with E-state index in [-0.39, 0.29) is 24.0 Å². The smallest absolute Gasteiger partial charge is 0.195 e. The Morgan fingerprint density at radius 3 is 2.47 bits per heavy atom. The normalized spacial score (nSPS) is 9.68. The summed E-state index contributed by atoms with van der Waals surface area (Å²) in [5.74, 6) is 1.84. The lowest BCUT2D eigenvalue weighted by Crippen LogP contribution is -2.35. The largest absolute Gasteiger partial charge is 0.467 e. The second kappa shape index (κ2) is 10.1. The van der Waals surface area contributed by atoms with Crippen LogP contribution in [0.3, 0.4) is 0 Å². The minimum atomic E-state index is 0. The van der Waals surface area contributed by atoms with Crippen LogP contribution in [0.2, 0.25) is 0 Å². The Labute approximate surface area is 132 Å². The first-order chi connectivity index (χ1) is 8.61. The molecule has 110 valence electrons. The summed E-state index contributed by atoms with van der Waals surface area (Å²) in [6.07, 6.45) is 2.56. The number of halogens is 1. The number of guanidine groups is 1. The second-order valence-corrected chi connectivity index (χ2v) is 4.46. The van der Waals surface area contributed by atoms with E-state index < -0.39 is 0 Å². The van der Waals surface area contributed by atoms with Crippen LogP contribution >= 0.6 is 24.0 Å². The average molecular weight is 381 g/mol. The summed E-state index contributed by atoms with van der Waals surface area (Å²) in [6, 6.07) is 3.78. The standard InChI is InChI=1S/C13H23N3O2.HI/c1-15(2)13(16(3)4)14-8-6-9-17-11-12-7-5-10-18-12;/h5,7,10H,6,8-9,11H2,1-4H3;1H. The third-order valence-corrected chi connectivity index (χ3v) is 2.32. The number of ether oxygens (including phenoxy) is 1. The predicted molar refractivity (Wildman–Crippen MR) is 88.1 cm³/mol. The summed E-state index contributed by atoms with van der Waals surface area (Å²) in [4.78, 5) is 8.53. The number of aliphatic imine (C=N–C) groups is 1. The van der Waals surface area contributed by atoms with E-state index >= 15 is 0 Å². The van der Waals surface area contributed by atoms with E-state index in [1.165, 1.54) is 0 Å². The Kier molecular flexibility index (Phi) is 9.68. The summed E-state index contributed by atoms with van der Waals surface area (Å²) in [5, 5.41) is 0. The molecule has 1 aromatic heterocycles. The molecule has 0 spiro atoms. The SMILES string of the molecule is CN(C)C(=NCCCOCc1ccco1)N(C)C.I. The van der Waals surface area contributed by atoms with E-state index in [1.807, 2.05) is 50.1 Å². The van der Waals surface area contributed by atoms with Gasteiger partial charge in [0, 0.05) is 41.3 Å². The molecule has 0 saturated carbocycles. The van der Waals surface area contributed by atoms with Crippen molar-refractivity contribution >= 4 is 29.9 Å². The molecule has 0 aromatic carbocycles. The third kappa shape index (κ3) is 7.41. The van der Waals surface area contributed by atoms with Crippen LogP contribution in [-0.4, -0.2) is 57.1 Å². The van der Waals surface area contributed by atoms with Gasteiger partial charge < -0.3 is 19.0 Å². The van der Waals surface area contributed by atoms with Crippen LogP contribution in [0.4, 0.5) is 0 Å². The first-order valence-electron chi connectivity index (χ1n) is 6.10. The van der Waals surface area contributed by atoms with Gasteiger partial charge in [0.15, 0.2) is 5.96 Å². The molecule has 0 aliphatic rings. The minimum absolute atomic E-state index is 0. The molecule has 0 aliphatic carbocycles. The molecule has 1 aromatic rings. The molecule has 5 nitrogen and oxygen atoms in total. The zero-order chi connectivity index (χ0) is 13.4. The highest BCUT2D eigenvalue weighted by Gasteiger charge is 2.02. The molecule has 0 radical (unpaired) electrons. The van der Waals surface area contributed by atoms with Crippen LogP contribution in [0.15, 0.2) is 27.8 Å². The molecule has 0 atom stereocenters. The number of furan rings is 1. The minimum Gasteiger partial charge on any atom is -0.467 e. The van der Waals surface area contributed by atoms with Crippen molar-refractivity contribution in [3.63, 3.8) is 0 Å². The van der Waals surface area contributed by atoms with Crippen LogP contribution in [0.1, 0.15) is 12.2 Å². The van der Waals surface area contributed by atoms with Crippen molar-refractivity contribution in [1.29, 1.82) is 0 Å². The monoisotopic (exact) mass is 381 g/mol. The Morgan fingerprint density at radius 2 is 1.95 bits per heavy atom. The quantitative estimate of drug-likeness (QED) is 0.328. The van der Waals surface area contributed by atoms with Gasteiger partial charge in [0.05, 0.1) is 6.26 Å². The molecule has 1 rings (SSSR count). The molecule has 6 heteroatoms. The summed E-state index contributed by atoms with van der Waals surface area (Å²) in [5.41, 5.74) is 0. The first kappa shape index (κ1) is 18.2. The molecule has 0 N–H and O–H groups in total. The molecular weight excluding hydrogens is 357 g/mol. The van der Waals surface area contributed by atoms with E-state index in [9.17, 15) is 0 Å². The molecule has 0 bridgehead atoms. The van der Waals surface area contributed by atoms with E-state index in [0.29, 0.717) is 13.2 Å². The van der Waals surface area contributed by atoms with Crippen molar-refractivity contribution < 1.29 is 9.15 Å². The lowest BCUT2D eigenvalue weighted by atomic mass is 10.4. The van der Waals surface area contributed by atoms with Gasteiger partial charge in [-0.05, 0) is 18.6 Å². The van der Waals surface area contributed by atoms with Crippen LogP contribution < -0.4 is 0 Å². The molecule has 1 heterocycles. The van der Waals surface area contributed by atoms with Crippen molar-refractivity contribution in [2.75, 3.05) is 41.3 Å². The Bertz CT molecular complexity index is 341. The van der Waals surface area contributed by atoms with Crippen LogP contribution in [-0.2, 0) is 11.3 Å². The van der Waals surface area contributed by atoms with Crippen molar-refractivity contribution in [2.24, 2.45) is 4.99 Å². The third-order valence-electron chi connectivity index (χ3n) is 2.32. The lowest BCUT2D eigenvalue weighted by molar-refractivity contribution is 0.105. The molecule has 0 amide bonds. The predicted octanol–water partition coefficient (Wildman–Crippen LogP) is 2.28. The van der Waals surface area contributed by atoms with Gasteiger partial charge in [0.25, 0.3) is 0 Å². The van der Waals surface area contributed by atoms with Gasteiger partial charge >= 0.3 is 0 Å². The van der Waals surface area contributed by atoms with Gasteiger partial charge in [-0.25, -0.2) is 0 Å². The van der Waals surface area contributed by atoms with Gasteiger partial charge in [0.1, 0.15) is 12.4 Å². The Balaban J connectivity index is 0.00000324. The van der Waals surface area contributed by atoms with Crippen LogP contribution in [0, 0.1) is 0 Å². The summed E-state index contributed by atoms with van der Waals surface area (Å²) in [6.45, 7) is 1.99. The zero-order valence-electron chi connectivity index (χ0n) is 12.1. The summed E-state index contributed by atoms with van der Waals surface area (Å²) < 4.78 is 10.7. The number of hydrogen-bond donors (Lipinski definition) is 0. The van der Waals surface area contributed by atoms with Gasteiger partial charge in [-0.15, -0.1) is 24.0 Å². The van der Waals surface area contributed by atoms with Crippen molar-refractivity contribution in [1.82, 2.24) is 9.80 Å². The maximum absolute atomic E-state index is 5.49. The average Bonchev–Trinajstić information content (AvgIpc) is 2.79. The topological polar surface area (TPSA) is 41.2 Å². The van der Waals surface area contributed by atoms with Crippen molar-refractivity contribution in [3.05, 3.63) is 24.2 Å². The van der Waals surface area contributed by atoms with Crippen molar-refractivity contribution in [3.8, 4) is 0 Å². The molecule has 0 saturated heterocycles. The highest BCUT2D eigenvalue weighted by Crippen LogP contribution is 2.02. The molecule has 0 aliphatic heterocycles. The fraction of sp³-hybridized carbons (Fsp3) is 0.615. The number of hydrogen-bond acceptors (Lipinski definition) is 3. The highest BCUT2D eigenvalue weighted by molar-refractivity contribution is 14.0. The maximum Gasteiger partial charge on any atom is 0.195 e. The Morgan fingerprint density at radius 1 is 1.26 bits per heavy atom. The second-order valence-electron chi connectivity index (χ2n) is 4.46. The lowest BCUT2D eigenvalue weighted by Gasteiger charge is -2.22. The van der Waals surface area contributed by atoms with E-state index in [0.717, 1.165) is 24.7 Å². The van der Waals surface area contributed by atoms with Gasteiger partial charge in [-0.2, -0.15) is 0 Å². The summed E-state index contributed by atoms with van der Waals surface area (Å²) >= 11 is 0. The molecule has 0 unspecified atom stereocenters. The van der Waals surface area contributed by atoms with E-state index in [2.05, 4.69) is 4.99 Å². The van der Waals surface area contributed by atoms with Gasteiger partial charge in [-0.1, -0.05) is 0 Å². The fourth-order valence-electron chi connectivity index (χ4n) is 1.60. The first-order valence-corrected chi connectivity index (χ1v) is 6.10. The van der Waals surface area contributed by atoms with Gasteiger partial charge in [-0.3, -0.25) is 4.99 Å². The summed E-state index contributed by atoms with van der Waals surface area (Å²) in [7, 11) is 7.97. The fourth-order valence-corrected chi connectivity index (χ4v) is 1.60. The van der Waals surface area contributed by atoms with E-state index in [1.54, 1.807) is 6.26 Å². The Hall–Kier alpha value is -0.760.